The molecule has 0 radical (unpaired) electrons. The molecule has 1 heteroatoms. The van der Waals surface area contributed by atoms with Crippen LogP contribution in [0.2, 0.25) is 0 Å². The molecule has 4 aromatic carbocycles. The standard InChI is InChI=1S/C25H17F/c1-18-2-9-21(10-3-18)22-11-6-19(7-12-22)4-5-20-8-13-24-17-25(26)15-14-23(24)16-20/h2-3,6-17H,1H3. The van der Waals surface area contributed by atoms with Crippen molar-refractivity contribution in [2.24, 2.45) is 0 Å². The lowest BCUT2D eigenvalue weighted by Crippen LogP contribution is -1.81. The average molecular weight is 336 g/mol. The van der Waals surface area contributed by atoms with Crippen molar-refractivity contribution in [2.45, 2.75) is 6.92 Å². The SMILES string of the molecule is Cc1ccc(-c2ccc(C#Cc3ccc4cc(F)ccc4c3)cc2)cc1. The van der Waals surface area contributed by atoms with Gasteiger partial charge in [0.15, 0.2) is 0 Å². The first kappa shape index (κ1) is 16.1. The second-order valence-corrected chi connectivity index (χ2v) is 6.40. The van der Waals surface area contributed by atoms with Crippen LogP contribution in [0.5, 0.6) is 0 Å². The molecule has 0 unspecified atom stereocenters. The van der Waals surface area contributed by atoms with Crippen LogP contribution in [0.25, 0.3) is 21.9 Å². The monoisotopic (exact) mass is 336 g/mol. The van der Waals surface area contributed by atoms with Crippen LogP contribution in [-0.2, 0) is 0 Å². The summed E-state index contributed by atoms with van der Waals surface area (Å²) >= 11 is 0. The predicted molar refractivity (Wildman–Crippen MR) is 107 cm³/mol. The van der Waals surface area contributed by atoms with Crippen molar-refractivity contribution >= 4 is 10.8 Å². The lowest BCUT2D eigenvalue weighted by atomic mass is 10.0. The van der Waals surface area contributed by atoms with Crippen LogP contribution in [0.3, 0.4) is 0 Å². The van der Waals surface area contributed by atoms with Gasteiger partial charge in [-0.05, 0) is 65.2 Å². The Morgan fingerprint density at radius 1 is 0.577 bits per heavy atom. The lowest BCUT2D eigenvalue weighted by molar-refractivity contribution is 0.630. The molecule has 0 N–H and O–H groups in total. The summed E-state index contributed by atoms with van der Waals surface area (Å²) in [5.74, 6) is 6.17. The zero-order valence-corrected chi connectivity index (χ0v) is 14.5. The fraction of sp³-hybridized carbons (Fsp3) is 0.0400. The van der Waals surface area contributed by atoms with E-state index in [0.717, 1.165) is 21.9 Å². The summed E-state index contributed by atoms with van der Waals surface area (Å²) in [4.78, 5) is 0. The van der Waals surface area contributed by atoms with Crippen LogP contribution < -0.4 is 0 Å². The van der Waals surface area contributed by atoms with Crippen molar-refractivity contribution < 1.29 is 4.39 Å². The van der Waals surface area contributed by atoms with Crippen molar-refractivity contribution in [3.8, 4) is 23.0 Å². The van der Waals surface area contributed by atoms with Gasteiger partial charge in [0.1, 0.15) is 5.82 Å². The van der Waals surface area contributed by atoms with Gasteiger partial charge in [-0.1, -0.05) is 65.9 Å². The second kappa shape index (κ2) is 6.86. The maximum absolute atomic E-state index is 13.3. The Balaban J connectivity index is 1.58. The molecule has 0 amide bonds. The maximum Gasteiger partial charge on any atom is 0.123 e. The van der Waals surface area contributed by atoms with Crippen LogP contribution in [0.15, 0.2) is 84.9 Å². The van der Waals surface area contributed by atoms with E-state index in [9.17, 15) is 4.39 Å². The molecule has 124 valence electrons. The van der Waals surface area contributed by atoms with Gasteiger partial charge in [-0.25, -0.2) is 4.39 Å². The van der Waals surface area contributed by atoms with Gasteiger partial charge in [0.25, 0.3) is 0 Å². The number of benzene rings is 4. The van der Waals surface area contributed by atoms with E-state index >= 15 is 0 Å². The Kier molecular flexibility index (Phi) is 4.25. The quantitative estimate of drug-likeness (QED) is 0.355. The molecular formula is C25H17F. The van der Waals surface area contributed by atoms with Gasteiger partial charge >= 0.3 is 0 Å². The van der Waals surface area contributed by atoms with Crippen molar-refractivity contribution in [3.63, 3.8) is 0 Å². The van der Waals surface area contributed by atoms with E-state index in [0.29, 0.717) is 0 Å². The Morgan fingerprint density at radius 3 is 1.85 bits per heavy atom. The van der Waals surface area contributed by atoms with Crippen LogP contribution in [-0.4, -0.2) is 0 Å². The second-order valence-electron chi connectivity index (χ2n) is 6.40. The van der Waals surface area contributed by atoms with E-state index in [2.05, 4.69) is 55.2 Å². The number of hydrogen-bond donors (Lipinski definition) is 0. The lowest BCUT2D eigenvalue weighted by Gasteiger charge is -2.02. The molecule has 26 heavy (non-hydrogen) atoms. The van der Waals surface area contributed by atoms with Gasteiger partial charge in [0.05, 0.1) is 0 Å². The van der Waals surface area contributed by atoms with Crippen LogP contribution in [0, 0.1) is 24.6 Å². The number of hydrogen-bond acceptors (Lipinski definition) is 0. The smallest absolute Gasteiger partial charge is 0.123 e. The summed E-state index contributed by atoms with van der Waals surface area (Å²) in [6.45, 7) is 2.09. The summed E-state index contributed by atoms with van der Waals surface area (Å²) in [5.41, 5.74) is 5.54. The largest absolute Gasteiger partial charge is 0.207 e. The average Bonchev–Trinajstić information content (AvgIpc) is 2.67. The molecule has 0 saturated carbocycles. The van der Waals surface area contributed by atoms with Gasteiger partial charge < -0.3 is 0 Å². The Bertz CT molecular complexity index is 1120. The van der Waals surface area contributed by atoms with Crippen molar-refractivity contribution in [1.29, 1.82) is 0 Å². The van der Waals surface area contributed by atoms with Crippen LogP contribution >= 0.6 is 0 Å². The highest BCUT2D eigenvalue weighted by Gasteiger charge is 1.98. The van der Waals surface area contributed by atoms with E-state index in [1.807, 2.05) is 30.3 Å². The number of aryl methyl sites for hydroxylation is 1. The van der Waals surface area contributed by atoms with Crippen molar-refractivity contribution in [2.75, 3.05) is 0 Å². The van der Waals surface area contributed by atoms with Gasteiger partial charge in [-0.3, -0.25) is 0 Å². The molecule has 4 rings (SSSR count). The van der Waals surface area contributed by atoms with E-state index in [4.69, 9.17) is 0 Å². The predicted octanol–water partition coefficient (Wildman–Crippen LogP) is 6.35. The number of rotatable bonds is 1. The normalized spacial score (nSPS) is 10.4. The number of halogens is 1. The van der Waals surface area contributed by atoms with Gasteiger partial charge in [-0.15, -0.1) is 0 Å². The fourth-order valence-corrected chi connectivity index (χ4v) is 2.93. The van der Waals surface area contributed by atoms with Crippen LogP contribution in [0.1, 0.15) is 16.7 Å². The van der Waals surface area contributed by atoms with E-state index < -0.39 is 0 Å². The zero-order valence-electron chi connectivity index (χ0n) is 14.5. The molecule has 0 saturated heterocycles. The molecule has 0 spiro atoms. The third kappa shape index (κ3) is 3.50. The summed E-state index contributed by atoms with van der Waals surface area (Å²) in [7, 11) is 0. The molecule has 0 atom stereocenters. The maximum atomic E-state index is 13.3. The van der Waals surface area contributed by atoms with E-state index in [1.54, 1.807) is 6.07 Å². The van der Waals surface area contributed by atoms with Crippen LogP contribution in [0.4, 0.5) is 4.39 Å². The van der Waals surface area contributed by atoms with Gasteiger partial charge in [0, 0.05) is 11.1 Å². The Morgan fingerprint density at radius 2 is 1.12 bits per heavy atom. The molecule has 0 aliphatic rings. The highest BCUT2D eigenvalue weighted by atomic mass is 19.1. The molecule has 0 bridgehead atoms. The highest BCUT2D eigenvalue weighted by molar-refractivity contribution is 5.84. The Hall–Kier alpha value is -3.37. The molecule has 0 aromatic heterocycles. The van der Waals surface area contributed by atoms with Crippen molar-refractivity contribution in [3.05, 3.63) is 107 Å². The molecule has 0 fully saturated rings. The van der Waals surface area contributed by atoms with Crippen molar-refractivity contribution in [1.82, 2.24) is 0 Å². The first-order valence-corrected chi connectivity index (χ1v) is 8.56. The molecule has 4 aromatic rings. The number of fused-ring (bicyclic) bond motifs is 1. The summed E-state index contributed by atoms with van der Waals surface area (Å²) < 4.78 is 13.3. The molecule has 0 nitrogen and oxygen atoms in total. The zero-order chi connectivity index (χ0) is 17.9. The topological polar surface area (TPSA) is 0 Å². The summed E-state index contributed by atoms with van der Waals surface area (Å²) in [5, 5.41) is 1.88. The fourth-order valence-electron chi connectivity index (χ4n) is 2.93. The first-order chi connectivity index (χ1) is 12.7. The highest BCUT2D eigenvalue weighted by Crippen LogP contribution is 2.20. The minimum atomic E-state index is -0.218. The van der Waals surface area contributed by atoms with E-state index in [1.165, 1.54) is 28.8 Å². The minimum Gasteiger partial charge on any atom is -0.207 e. The third-order valence-corrected chi connectivity index (χ3v) is 4.42. The Labute approximate surface area is 152 Å². The van der Waals surface area contributed by atoms with E-state index in [-0.39, 0.29) is 5.82 Å². The van der Waals surface area contributed by atoms with Gasteiger partial charge in [-0.2, -0.15) is 0 Å². The summed E-state index contributed by atoms with van der Waals surface area (Å²) in [6.07, 6.45) is 0. The first-order valence-electron chi connectivity index (χ1n) is 8.56. The van der Waals surface area contributed by atoms with Gasteiger partial charge in [0.2, 0.25) is 0 Å². The summed E-state index contributed by atoms with van der Waals surface area (Å²) in [6, 6.07) is 27.4. The molecule has 0 aliphatic carbocycles. The molecule has 0 heterocycles. The minimum absolute atomic E-state index is 0.218. The third-order valence-electron chi connectivity index (χ3n) is 4.42. The molecule has 0 aliphatic heterocycles. The molecular weight excluding hydrogens is 319 g/mol.